The maximum atomic E-state index is 12.5. The molecule has 0 fully saturated rings. The number of carbonyl (C=O) groups is 1. The predicted octanol–water partition coefficient (Wildman–Crippen LogP) is 5.73. The summed E-state index contributed by atoms with van der Waals surface area (Å²) >= 11 is 11.6. The van der Waals surface area contributed by atoms with Gasteiger partial charge in [-0.2, -0.15) is 0 Å². The molecule has 0 aliphatic heterocycles. The largest absolute Gasteiger partial charge is 0.492 e. The zero-order valence-electron chi connectivity index (χ0n) is 11.3. The lowest BCUT2D eigenvalue weighted by atomic mass is 10.0. The molecular formula is C16H13BrClIO2. The van der Waals surface area contributed by atoms with Crippen molar-refractivity contribution in [2.24, 2.45) is 0 Å². The molecule has 110 valence electrons. The van der Waals surface area contributed by atoms with Gasteiger partial charge in [-0.25, -0.2) is 0 Å². The van der Waals surface area contributed by atoms with Gasteiger partial charge in [0.25, 0.3) is 0 Å². The highest BCUT2D eigenvalue weighted by Gasteiger charge is 2.13. The minimum atomic E-state index is -0.0592. The van der Waals surface area contributed by atoms with Crippen LogP contribution in [-0.4, -0.2) is 12.4 Å². The van der Waals surface area contributed by atoms with Gasteiger partial charge in [-0.15, -0.1) is 0 Å². The van der Waals surface area contributed by atoms with Crippen LogP contribution in [0.4, 0.5) is 0 Å². The van der Waals surface area contributed by atoms with Gasteiger partial charge in [-0.1, -0.05) is 18.5 Å². The summed E-state index contributed by atoms with van der Waals surface area (Å²) in [7, 11) is 0. The van der Waals surface area contributed by atoms with Crippen molar-refractivity contribution < 1.29 is 9.53 Å². The van der Waals surface area contributed by atoms with Crippen molar-refractivity contribution in [3.05, 3.63) is 60.6 Å². The minimum absolute atomic E-state index is 0.0592. The molecule has 0 N–H and O–H groups in total. The van der Waals surface area contributed by atoms with Gasteiger partial charge in [0.15, 0.2) is 5.78 Å². The first-order valence-corrected chi connectivity index (χ1v) is 8.70. The quantitative estimate of drug-likeness (QED) is 0.405. The van der Waals surface area contributed by atoms with Crippen molar-refractivity contribution in [3.63, 3.8) is 0 Å². The van der Waals surface area contributed by atoms with E-state index in [-0.39, 0.29) is 5.78 Å². The van der Waals surface area contributed by atoms with Gasteiger partial charge in [0.2, 0.25) is 0 Å². The monoisotopic (exact) mass is 478 g/mol. The van der Waals surface area contributed by atoms with E-state index in [2.05, 4.69) is 38.5 Å². The lowest BCUT2D eigenvalue weighted by Crippen LogP contribution is -2.03. The second kappa shape index (κ2) is 7.61. The Kier molecular flexibility index (Phi) is 6.08. The van der Waals surface area contributed by atoms with Crippen molar-refractivity contribution >= 4 is 55.9 Å². The summed E-state index contributed by atoms with van der Waals surface area (Å²) in [5.74, 6) is 0.685. The first-order chi connectivity index (χ1) is 10.0. The third-order valence-corrected chi connectivity index (χ3v) is 5.03. The fraction of sp³-hybridized carbons (Fsp3) is 0.188. The van der Waals surface area contributed by atoms with E-state index in [4.69, 9.17) is 16.3 Å². The van der Waals surface area contributed by atoms with E-state index in [1.807, 2.05) is 13.0 Å². The Morgan fingerprint density at radius 2 is 1.90 bits per heavy atom. The fourth-order valence-electron chi connectivity index (χ4n) is 1.78. The second-order valence-corrected chi connectivity index (χ2v) is 6.88. The van der Waals surface area contributed by atoms with E-state index in [1.54, 1.807) is 30.3 Å². The van der Waals surface area contributed by atoms with Gasteiger partial charge in [-0.05, 0) is 81.3 Å². The normalized spacial score (nSPS) is 10.5. The summed E-state index contributed by atoms with van der Waals surface area (Å²) in [5.41, 5.74) is 1.18. The molecule has 0 aromatic heterocycles. The molecule has 0 saturated carbocycles. The van der Waals surface area contributed by atoms with Crippen LogP contribution in [0.25, 0.3) is 0 Å². The summed E-state index contributed by atoms with van der Waals surface area (Å²) in [6.45, 7) is 2.70. The summed E-state index contributed by atoms with van der Waals surface area (Å²) in [5, 5.41) is 0.586. The molecule has 5 heteroatoms. The van der Waals surface area contributed by atoms with E-state index < -0.39 is 0 Å². The molecule has 0 spiro atoms. The summed E-state index contributed by atoms with van der Waals surface area (Å²) in [4.78, 5) is 12.5. The molecule has 2 nitrogen and oxygen atoms in total. The molecule has 21 heavy (non-hydrogen) atoms. The van der Waals surface area contributed by atoms with Crippen LogP contribution in [0.2, 0.25) is 5.02 Å². The molecule has 0 aliphatic rings. The standard InChI is InChI=1S/C16H13BrClIO2/c1-2-7-21-15-6-4-10(8-12(15)17)16(20)11-3-5-14(19)13(18)9-11/h3-6,8-9H,2,7H2,1H3. The number of ketones is 1. The molecule has 0 heterocycles. The molecule has 0 aliphatic carbocycles. The average Bonchev–Trinajstić information content (AvgIpc) is 2.48. The molecule has 2 rings (SSSR count). The molecule has 0 bridgehead atoms. The second-order valence-electron chi connectivity index (χ2n) is 4.45. The third kappa shape index (κ3) is 4.20. The van der Waals surface area contributed by atoms with Crippen LogP contribution >= 0.6 is 50.1 Å². The smallest absolute Gasteiger partial charge is 0.193 e. The Balaban J connectivity index is 2.27. The molecule has 2 aromatic carbocycles. The Morgan fingerprint density at radius 1 is 1.24 bits per heavy atom. The minimum Gasteiger partial charge on any atom is -0.492 e. The van der Waals surface area contributed by atoms with E-state index in [0.29, 0.717) is 22.8 Å². The molecule has 0 saturated heterocycles. The Labute approximate surface area is 151 Å². The van der Waals surface area contributed by atoms with E-state index in [0.717, 1.165) is 20.2 Å². The first kappa shape index (κ1) is 16.8. The molecule has 0 radical (unpaired) electrons. The molecule has 2 aromatic rings. The molecule has 0 amide bonds. The highest BCUT2D eigenvalue weighted by Crippen LogP contribution is 2.28. The van der Waals surface area contributed by atoms with Crippen molar-refractivity contribution in [1.29, 1.82) is 0 Å². The SMILES string of the molecule is CCCOc1ccc(C(=O)c2ccc(I)c(Cl)c2)cc1Br. The Morgan fingerprint density at radius 3 is 2.52 bits per heavy atom. The van der Waals surface area contributed by atoms with E-state index in [1.165, 1.54) is 0 Å². The van der Waals surface area contributed by atoms with E-state index in [9.17, 15) is 4.79 Å². The Bertz CT molecular complexity index is 673. The van der Waals surface area contributed by atoms with Crippen molar-refractivity contribution in [2.75, 3.05) is 6.61 Å². The van der Waals surface area contributed by atoms with Gasteiger partial charge in [0.05, 0.1) is 16.1 Å². The Hall–Kier alpha value is -0.590. The number of hydrogen-bond acceptors (Lipinski definition) is 2. The molecule has 0 atom stereocenters. The topological polar surface area (TPSA) is 26.3 Å². The zero-order chi connectivity index (χ0) is 15.4. The van der Waals surface area contributed by atoms with Gasteiger partial charge in [-0.3, -0.25) is 4.79 Å². The number of rotatable bonds is 5. The van der Waals surface area contributed by atoms with Gasteiger partial charge in [0, 0.05) is 14.7 Å². The van der Waals surface area contributed by atoms with Gasteiger partial charge in [0.1, 0.15) is 5.75 Å². The number of halogens is 3. The van der Waals surface area contributed by atoms with E-state index >= 15 is 0 Å². The lowest BCUT2D eigenvalue weighted by Gasteiger charge is -2.09. The lowest BCUT2D eigenvalue weighted by molar-refractivity contribution is 0.103. The summed E-state index contributed by atoms with van der Waals surface area (Å²) in [6, 6.07) is 10.7. The molecular weight excluding hydrogens is 466 g/mol. The summed E-state index contributed by atoms with van der Waals surface area (Å²) < 4.78 is 7.28. The summed E-state index contributed by atoms with van der Waals surface area (Å²) in [6.07, 6.45) is 0.939. The zero-order valence-corrected chi connectivity index (χ0v) is 15.8. The fourth-order valence-corrected chi connectivity index (χ4v) is 2.78. The number of benzene rings is 2. The van der Waals surface area contributed by atoms with Crippen molar-refractivity contribution in [3.8, 4) is 5.75 Å². The average molecular weight is 480 g/mol. The third-order valence-electron chi connectivity index (χ3n) is 2.84. The first-order valence-electron chi connectivity index (χ1n) is 6.45. The van der Waals surface area contributed by atoms with Crippen LogP contribution in [0.5, 0.6) is 5.75 Å². The predicted molar refractivity (Wildman–Crippen MR) is 97.5 cm³/mol. The van der Waals surface area contributed by atoms with Gasteiger partial charge < -0.3 is 4.74 Å². The van der Waals surface area contributed by atoms with Crippen LogP contribution in [-0.2, 0) is 0 Å². The van der Waals surface area contributed by atoms with Crippen LogP contribution in [0.3, 0.4) is 0 Å². The van der Waals surface area contributed by atoms with Crippen LogP contribution in [0, 0.1) is 3.57 Å². The van der Waals surface area contributed by atoms with Crippen LogP contribution in [0.15, 0.2) is 40.9 Å². The van der Waals surface area contributed by atoms with Crippen molar-refractivity contribution in [2.45, 2.75) is 13.3 Å². The highest BCUT2D eigenvalue weighted by molar-refractivity contribution is 14.1. The number of carbonyl (C=O) groups excluding carboxylic acids is 1. The maximum absolute atomic E-state index is 12.5. The highest BCUT2D eigenvalue weighted by atomic mass is 127. The molecule has 0 unspecified atom stereocenters. The number of hydrogen-bond donors (Lipinski definition) is 0. The van der Waals surface area contributed by atoms with Crippen molar-refractivity contribution in [1.82, 2.24) is 0 Å². The van der Waals surface area contributed by atoms with Gasteiger partial charge >= 0.3 is 0 Å². The maximum Gasteiger partial charge on any atom is 0.193 e. The van der Waals surface area contributed by atoms with Crippen LogP contribution < -0.4 is 4.74 Å². The number of ether oxygens (including phenoxy) is 1. The van der Waals surface area contributed by atoms with Crippen LogP contribution in [0.1, 0.15) is 29.3 Å².